The lowest BCUT2D eigenvalue weighted by Crippen LogP contribution is -2.53. The molecule has 0 aliphatic rings. The van der Waals surface area contributed by atoms with Crippen LogP contribution in [0.5, 0.6) is 0 Å². The predicted octanol–water partition coefficient (Wildman–Crippen LogP) is 0.625. The third kappa shape index (κ3) is 3.12. The minimum atomic E-state index is -1.15. The zero-order valence-electron chi connectivity index (χ0n) is 13.6. The molecule has 26 heavy (non-hydrogen) atoms. The van der Waals surface area contributed by atoms with Crippen LogP contribution in [0.3, 0.4) is 0 Å². The summed E-state index contributed by atoms with van der Waals surface area (Å²) in [5, 5.41) is 8.89. The topological polar surface area (TPSA) is 103 Å². The van der Waals surface area contributed by atoms with E-state index < -0.39 is 29.5 Å². The van der Waals surface area contributed by atoms with Crippen molar-refractivity contribution in [3.05, 3.63) is 92.1 Å². The minimum absolute atomic E-state index is 0.288. The van der Waals surface area contributed by atoms with Gasteiger partial charge in [-0.15, -0.1) is 0 Å². The number of carboxylic acid groups (broad SMARTS) is 1. The van der Waals surface area contributed by atoms with Crippen molar-refractivity contribution in [2.75, 3.05) is 0 Å². The van der Waals surface area contributed by atoms with Crippen molar-refractivity contribution < 1.29 is 9.90 Å². The molecule has 3 rings (SSSR count). The van der Waals surface area contributed by atoms with Crippen LogP contribution >= 0.6 is 0 Å². The highest BCUT2D eigenvalue weighted by molar-refractivity contribution is 5.66. The standard InChI is InChI=1S/C18H15N3O5/c22-15(23)11-12-19-16(24)20(13-7-3-1-4-8-13)18(26)21(17(19)25)14-9-5-2-6-10-14/h1-10H,11-12H2,(H,22,23). The third-order valence-corrected chi connectivity index (χ3v) is 3.81. The Morgan fingerprint density at radius 3 is 1.54 bits per heavy atom. The summed E-state index contributed by atoms with van der Waals surface area (Å²) in [6, 6.07) is 16.3. The summed E-state index contributed by atoms with van der Waals surface area (Å²) < 4.78 is 2.47. The van der Waals surface area contributed by atoms with Crippen molar-refractivity contribution in [2.45, 2.75) is 13.0 Å². The van der Waals surface area contributed by atoms with E-state index in [9.17, 15) is 19.2 Å². The second-order valence-corrected chi connectivity index (χ2v) is 5.49. The fourth-order valence-electron chi connectivity index (χ4n) is 2.58. The number of aliphatic carboxylic acids is 1. The molecule has 2 aromatic carbocycles. The summed E-state index contributed by atoms with van der Waals surface area (Å²) in [6.07, 6.45) is -0.420. The van der Waals surface area contributed by atoms with E-state index in [0.29, 0.717) is 0 Å². The lowest BCUT2D eigenvalue weighted by Gasteiger charge is -2.13. The second kappa shape index (κ2) is 7.06. The molecule has 0 aliphatic heterocycles. The number of aromatic nitrogens is 3. The van der Waals surface area contributed by atoms with Gasteiger partial charge in [-0.05, 0) is 24.3 Å². The highest BCUT2D eigenvalue weighted by atomic mass is 16.4. The molecule has 0 spiro atoms. The zero-order chi connectivity index (χ0) is 18.7. The number of hydrogen-bond acceptors (Lipinski definition) is 4. The molecule has 0 amide bonds. The van der Waals surface area contributed by atoms with Crippen molar-refractivity contribution in [2.24, 2.45) is 0 Å². The monoisotopic (exact) mass is 353 g/mol. The van der Waals surface area contributed by atoms with Gasteiger partial charge in [0.2, 0.25) is 0 Å². The Labute approximate surface area is 146 Å². The van der Waals surface area contributed by atoms with Gasteiger partial charge in [-0.1, -0.05) is 36.4 Å². The van der Waals surface area contributed by atoms with Gasteiger partial charge < -0.3 is 5.11 Å². The maximum absolute atomic E-state index is 12.9. The summed E-state index contributed by atoms with van der Waals surface area (Å²) >= 11 is 0. The van der Waals surface area contributed by atoms with Crippen LogP contribution < -0.4 is 17.1 Å². The Bertz CT molecular complexity index is 1030. The van der Waals surface area contributed by atoms with Crippen LogP contribution in [-0.2, 0) is 11.3 Å². The van der Waals surface area contributed by atoms with Gasteiger partial charge in [-0.2, -0.15) is 0 Å². The van der Waals surface area contributed by atoms with Crippen molar-refractivity contribution >= 4 is 5.97 Å². The molecule has 8 nitrogen and oxygen atoms in total. The van der Waals surface area contributed by atoms with E-state index in [2.05, 4.69) is 0 Å². The molecule has 0 aliphatic carbocycles. The average molecular weight is 353 g/mol. The number of rotatable bonds is 5. The molecular formula is C18H15N3O5. The minimum Gasteiger partial charge on any atom is -0.481 e. The lowest BCUT2D eigenvalue weighted by molar-refractivity contribution is -0.137. The van der Waals surface area contributed by atoms with Crippen LogP contribution in [0.1, 0.15) is 6.42 Å². The zero-order valence-corrected chi connectivity index (χ0v) is 13.6. The first kappa shape index (κ1) is 17.2. The Balaban J connectivity index is 2.37. The first-order valence-corrected chi connectivity index (χ1v) is 7.82. The SMILES string of the molecule is O=C(O)CCn1c(=O)n(-c2ccccc2)c(=O)n(-c2ccccc2)c1=O. The number of carbonyl (C=O) groups is 1. The first-order chi connectivity index (χ1) is 12.5. The van der Waals surface area contributed by atoms with E-state index in [1.54, 1.807) is 60.7 Å². The van der Waals surface area contributed by atoms with Gasteiger partial charge >= 0.3 is 23.0 Å². The second-order valence-electron chi connectivity index (χ2n) is 5.49. The molecule has 0 fully saturated rings. The van der Waals surface area contributed by atoms with E-state index in [4.69, 9.17) is 5.11 Å². The third-order valence-electron chi connectivity index (χ3n) is 3.81. The highest BCUT2D eigenvalue weighted by Gasteiger charge is 2.18. The quantitative estimate of drug-likeness (QED) is 0.724. The first-order valence-electron chi connectivity index (χ1n) is 7.82. The lowest BCUT2D eigenvalue weighted by atomic mass is 10.3. The fourth-order valence-corrected chi connectivity index (χ4v) is 2.58. The maximum Gasteiger partial charge on any atom is 0.345 e. The normalized spacial score (nSPS) is 10.6. The largest absolute Gasteiger partial charge is 0.481 e. The Morgan fingerprint density at radius 2 is 1.15 bits per heavy atom. The van der Waals surface area contributed by atoms with Crippen LogP contribution in [0.15, 0.2) is 75.0 Å². The molecule has 0 unspecified atom stereocenters. The predicted molar refractivity (Wildman–Crippen MR) is 94.1 cm³/mol. The molecule has 0 radical (unpaired) electrons. The van der Waals surface area contributed by atoms with Crippen molar-refractivity contribution in [1.82, 2.24) is 13.7 Å². The van der Waals surface area contributed by atoms with Crippen LogP contribution in [-0.4, -0.2) is 24.8 Å². The van der Waals surface area contributed by atoms with Crippen LogP contribution in [0.2, 0.25) is 0 Å². The molecule has 0 saturated heterocycles. The number of hydrogen-bond donors (Lipinski definition) is 1. The van der Waals surface area contributed by atoms with Crippen molar-refractivity contribution in [3.63, 3.8) is 0 Å². The highest BCUT2D eigenvalue weighted by Crippen LogP contribution is 2.03. The molecule has 1 heterocycles. The molecule has 0 saturated carbocycles. The fraction of sp³-hybridized carbons (Fsp3) is 0.111. The van der Waals surface area contributed by atoms with Gasteiger partial charge in [0.05, 0.1) is 17.8 Å². The molecule has 132 valence electrons. The molecule has 8 heteroatoms. The van der Waals surface area contributed by atoms with E-state index >= 15 is 0 Å². The van der Waals surface area contributed by atoms with E-state index in [0.717, 1.165) is 13.7 Å². The van der Waals surface area contributed by atoms with E-state index in [1.165, 1.54) is 0 Å². The van der Waals surface area contributed by atoms with Gasteiger partial charge in [-0.3, -0.25) is 4.79 Å². The number of benzene rings is 2. The molecule has 3 aromatic rings. The van der Waals surface area contributed by atoms with Crippen LogP contribution in [0.4, 0.5) is 0 Å². The molecular weight excluding hydrogens is 338 g/mol. The Morgan fingerprint density at radius 1 is 0.731 bits per heavy atom. The average Bonchev–Trinajstić information content (AvgIpc) is 2.63. The number of para-hydroxylation sites is 2. The van der Waals surface area contributed by atoms with Crippen LogP contribution in [0.25, 0.3) is 11.4 Å². The molecule has 1 aromatic heterocycles. The van der Waals surface area contributed by atoms with Gasteiger partial charge in [0.15, 0.2) is 0 Å². The van der Waals surface area contributed by atoms with E-state index in [1.807, 2.05) is 0 Å². The molecule has 1 N–H and O–H groups in total. The van der Waals surface area contributed by atoms with Crippen molar-refractivity contribution in [3.8, 4) is 11.4 Å². The summed E-state index contributed by atoms with van der Waals surface area (Å²) in [5.41, 5.74) is -1.99. The van der Waals surface area contributed by atoms with Gasteiger partial charge in [0, 0.05) is 6.54 Å². The summed E-state index contributed by atoms with van der Waals surface area (Å²) in [4.78, 5) is 49.2. The van der Waals surface area contributed by atoms with Gasteiger partial charge in [-0.25, -0.2) is 28.1 Å². The van der Waals surface area contributed by atoms with Crippen molar-refractivity contribution in [1.29, 1.82) is 0 Å². The number of carboxylic acids is 1. The van der Waals surface area contributed by atoms with Gasteiger partial charge in [0.1, 0.15) is 0 Å². The summed E-state index contributed by atoms with van der Waals surface area (Å²) in [7, 11) is 0. The van der Waals surface area contributed by atoms with E-state index in [-0.39, 0.29) is 17.9 Å². The van der Waals surface area contributed by atoms with Gasteiger partial charge in [0.25, 0.3) is 0 Å². The Hall–Kier alpha value is -3.68. The summed E-state index contributed by atoms with van der Waals surface area (Å²) in [5.74, 6) is -1.15. The summed E-state index contributed by atoms with van der Waals surface area (Å²) in [6.45, 7) is -0.340. The molecule has 0 atom stereocenters. The number of nitrogens with zero attached hydrogens (tertiary/aromatic N) is 3. The Kier molecular flexibility index (Phi) is 4.66. The van der Waals surface area contributed by atoms with Crippen LogP contribution in [0, 0.1) is 0 Å². The smallest absolute Gasteiger partial charge is 0.345 e. The molecule has 0 bridgehead atoms. The maximum atomic E-state index is 12.9.